The first-order valence-corrected chi connectivity index (χ1v) is 14.1. The summed E-state index contributed by atoms with van der Waals surface area (Å²) in [5.41, 5.74) is 1.81. The van der Waals surface area contributed by atoms with E-state index >= 15 is 0 Å². The predicted molar refractivity (Wildman–Crippen MR) is 158 cm³/mol. The first-order valence-electron chi connectivity index (χ1n) is 10.8. The van der Waals surface area contributed by atoms with Gasteiger partial charge < -0.3 is 9.47 Å². The topological polar surface area (TPSA) is 69.9 Å². The van der Waals surface area contributed by atoms with Crippen molar-refractivity contribution in [1.29, 1.82) is 0 Å². The molecule has 1 aliphatic heterocycles. The van der Waals surface area contributed by atoms with Crippen molar-refractivity contribution in [2.45, 2.75) is 19.9 Å². The minimum atomic E-state index is -0.774. The van der Waals surface area contributed by atoms with Gasteiger partial charge in [-0.1, -0.05) is 47.1 Å². The molecule has 6 nitrogen and oxygen atoms in total. The molecule has 0 spiro atoms. The zero-order chi connectivity index (χ0) is 26.0. The summed E-state index contributed by atoms with van der Waals surface area (Å²) >= 11 is 12.2. The molecule has 0 radical (unpaired) electrons. The average molecular weight is 745 g/mol. The fourth-order valence-electron chi connectivity index (χ4n) is 3.88. The highest BCUT2D eigenvalue weighted by molar-refractivity contribution is 14.1. The van der Waals surface area contributed by atoms with Crippen LogP contribution in [0.2, 0.25) is 5.02 Å². The maximum atomic E-state index is 13.8. The van der Waals surface area contributed by atoms with Gasteiger partial charge in [-0.25, -0.2) is 9.79 Å². The van der Waals surface area contributed by atoms with Gasteiger partial charge in [0.15, 0.2) is 4.80 Å². The van der Waals surface area contributed by atoms with Crippen molar-refractivity contribution >= 4 is 80.2 Å². The lowest BCUT2D eigenvalue weighted by Crippen LogP contribution is -2.40. The van der Waals surface area contributed by atoms with Crippen LogP contribution in [0.5, 0.6) is 5.75 Å². The number of thiazole rings is 1. The average Bonchev–Trinajstić information content (AvgIpc) is 3.12. The molecule has 1 atom stereocenters. The number of terminal acetylenes is 1. The minimum absolute atomic E-state index is 0.104. The molecule has 0 saturated carbocycles. The Kier molecular flexibility index (Phi) is 8.59. The number of nitrogens with zero attached hydrogens (tertiary/aromatic N) is 2. The lowest BCUT2D eigenvalue weighted by Gasteiger charge is -2.25. The first kappa shape index (κ1) is 26.9. The van der Waals surface area contributed by atoms with Crippen LogP contribution in [0.3, 0.4) is 0 Å². The molecule has 0 N–H and O–H groups in total. The number of ether oxygens (including phenoxy) is 2. The van der Waals surface area contributed by atoms with Gasteiger partial charge in [0, 0.05) is 14.2 Å². The molecule has 2 aromatic carbocycles. The largest absolute Gasteiger partial charge is 0.479 e. The van der Waals surface area contributed by atoms with E-state index < -0.39 is 12.0 Å². The zero-order valence-electron chi connectivity index (χ0n) is 19.2. The van der Waals surface area contributed by atoms with Gasteiger partial charge in [0.25, 0.3) is 5.56 Å². The quantitative estimate of drug-likeness (QED) is 0.209. The number of aromatic nitrogens is 1. The van der Waals surface area contributed by atoms with Gasteiger partial charge >= 0.3 is 5.97 Å². The van der Waals surface area contributed by atoms with Gasteiger partial charge in [-0.3, -0.25) is 9.36 Å². The number of halogens is 3. The molecule has 0 fully saturated rings. The normalized spacial score (nSPS) is 15.2. The second-order valence-electron chi connectivity index (χ2n) is 7.62. The van der Waals surface area contributed by atoms with Crippen molar-refractivity contribution in [3.8, 4) is 18.1 Å². The molecule has 0 amide bonds. The van der Waals surface area contributed by atoms with Crippen LogP contribution in [0.25, 0.3) is 6.08 Å². The van der Waals surface area contributed by atoms with Gasteiger partial charge in [0.2, 0.25) is 0 Å². The van der Waals surface area contributed by atoms with Gasteiger partial charge in [-0.2, -0.15) is 0 Å². The third-order valence-electron chi connectivity index (χ3n) is 5.34. The van der Waals surface area contributed by atoms with Crippen LogP contribution in [0.4, 0.5) is 0 Å². The van der Waals surface area contributed by atoms with E-state index in [-0.39, 0.29) is 24.3 Å². The van der Waals surface area contributed by atoms with E-state index in [0.29, 0.717) is 31.4 Å². The summed E-state index contributed by atoms with van der Waals surface area (Å²) in [6.45, 7) is 3.77. The molecular weight excluding hydrogens is 726 g/mol. The SMILES string of the molecule is C#CCOc1c(I)cc(I)cc1/C=c1\sc2n(c1=O)[C@@H](c1ccccc1Cl)C(C(=O)OCC)=C(C)N=2. The van der Waals surface area contributed by atoms with Gasteiger partial charge in [-0.15, -0.1) is 6.42 Å². The van der Waals surface area contributed by atoms with Crippen LogP contribution in [0, 0.1) is 19.5 Å². The molecule has 1 aliphatic rings. The highest BCUT2D eigenvalue weighted by Gasteiger charge is 2.34. The summed E-state index contributed by atoms with van der Waals surface area (Å²) in [6.07, 6.45) is 7.17. The van der Waals surface area contributed by atoms with Crippen LogP contribution in [0.15, 0.2) is 57.5 Å². The van der Waals surface area contributed by atoms with Gasteiger partial charge in [0.1, 0.15) is 18.4 Å². The lowest BCUT2D eigenvalue weighted by atomic mass is 9.96. The van der Waals surface area contributed by atoms with Crippen LogP contribution in [-0.2, 0) is 9.53 Å². The number of carbonyl (C=O) groups excluding carboxylic acids is 1. The maximum Gasteiger partial charge on any atom is 0.338 e. The summed E-state index contributed by atoms with van der Waals surface area (Å²) in [5, 5.41) is 0.436. The van der Waals surface area contributed by atoms with Crippen molar-refractivity contribution in [3.63, 3.8) is 0 Å². The monoisotopic (exact) mass is 744 g/mol. The second kappa shape index (κ2) is 11.5. The number of carbonyl (C=O) groups is 1. The third kappa shape index (κ3) is 5.27. The zero-order valence-corrected chi connectivity index (χ0v) is 25.1. The van der Waals surface area contributed by atoms with Crippen molar-refractivity contribution in [2.24, 2.45) is 4.99 Å². The Morgan fingerprint density at radius 2 is 2.08 bits per heavy atom. The van der Waals surface area contributed by atoms with Crippen LogP contribution >= 0.6 is 68.1 Å². The van der Waals surface area contributed by atoms with Crippen molar-refractivity contribution < 1.29 is 14.3 Å². The van der Waals surface area contributed by atoms with E-state index in [4.69, 9.17) is 27.5 Å². The molecule has 3 aromatic rings. The van der Waals surface area contributed by atoms with Crippen molar-refractivity contribution in [1.82, 2.24) is 4.57 Å². The fraction of sp³-hybridized carbons (Fsp3) is 0.192. The number of hydrogen-bond donors (Lipinski definition) is 0. The third-order valence-corrected chi connectivity index (χ3v) is 8.09. The number of hydrogen-bond acceptors (Lipinski definition) is 6. The van der Waals surface area contributed by atoms with Crippen LogP contribution in [0.1, 0.15) is 31.0 Å². The smallest absolute Gasteiger partial charge is 0.338 e. The number of esters is 1. The number of allylic oxidation sites excluding steroid dienone is 1. The standard InChI is InChI=1S/C26H19ClI2N2O4S/c1-4-10-35-23-15(11-16(28)13-19(23)29)12-20-24(32)31-22(17-8-6-7-9-18(17)27)21(25(33)34-5-2)14(3)30-26(31)36-20/h1,6-9,11-13,22H,5,10H2,2-3H3/b20-12-/t22-/m0/s1. The number of rotatable bonds is 6. The van der Waals surface area contributed by atoms with E-state index in [1.54, 1.807) is 38.1 Å². The van der Waals surface area contributed by atoms with Gasteiger partial charge in [-0.05, 0) is 88.9 Å². The van der Waals surface area contributed by atoms with Gasteiger partial charge in [0.05, 0.1) is 26.0 Å². The Labute approximate surface area is 244 Å². The number of fused-ring (bicyclic) bond motifs is 1. The van der Waals surface area contributed by atoms with Crippen molar-refractivity contribution in [3.05, 3.63) is 90.6 Å². The Bertz CT molecular complexity index is 1620. The van der Waals surface area contributed by atoms with Crippen LogP contribution < -0.4 is 19.6 Å². The van der Waals surface area contributed by atoms with E-state index in [1.165, 1.54) is 15.9 Å². The molecule has 184 valence electrons. The maximum absolute atomic E-state index is 13.8. The molecule has 10 heteroatoms. The lowest BCUT2D eigenvalue weighted by molar-refractivity contribution is -0.139. The molecule has 0 saturated heterocycles. The van der Waals surface area contributed by atoms with E-state index in [2.05, 4.69) is 56.1 Å². The van der Waals surface area contributed by atoms with Crippen LogP contribution in [-0.4, -0.2) is 23.8 Å². The summed E-state index contributed by atoms with van der Waals surface area (Å²) in [4.78, 5) is 31.9. The van der Waals surface area contributed by atoms with E-state index in [0.717, 1.165) is 12.7 Å². The molecule has 0 unspecified atom stereocenters. The Morgan fingerprint density at radius 1 is 1.33 bits per heavy atom. The summed E-state index contributed by atoms with van der Waals surface area (Å²) in [7, 11) is 0. The Hall–Kier alpha value is -2.14. The number of benzene rings is 2. The summed E-state index contributed by atoms with van der Waals surface area (Å²) in [5.74, 6) is 2.55. The molecule has 1 aromatic heterocycles. The molecule has 0 bridgehead atoms. The summed E-state index contributed by atoms with van der Waals surface area (Å²) < 4.78 is 14.9. The van der Waals surface area contributed by atoms with E-state index in [9.17, 15) is 9.59 Å². The summed E-state index contributed by atoms with van der Waals surface area (Å²) in [6, 6.07) is 10.3. The molecule has 4 rings (SSSR count). The predicted octanol–water partition coefficient (Wildman–Crippen LogP) is 4.67. The first-order chi connectivity index (χ1) is 17.3. The molecule has 0 aliphatic carbocycles. The fourth-order valence-corrected chi connectivity index (χ4v) is 7.20. The highest BCUT2D eigenvalue weighted by atomic mass is 127. The molecule has 2 heterocycles. The molecular formula is C26H19ClI2N2O4S. The second-order valence-corrected chi connectivity index (χ2v) is 11.4. The van der Waals surface area contributed by atoms with E-state index in [1.807, 2.05) is 18.2 Å². The molecule has 36 heavy (non-hydrogen) atoms. The van der Waals surface area contributed by atoms with Crippen molar-refractivity contribution in [2.75, 3.05) is 13.2 Å². The highest BCUT2D eigenvalue weighted by Crippen LogP contribution is 2.34. The Balaban J connectivity index is 1.99. The minimum Gasteiger partial charge on any atom is -0.479 e. The Morgan fingerprint density at radius 3 is 2.78 bits per heavy atom.